The molecule has 6 heteroatoms. The molecule has 0 unspecified atom stereocenters. The Balaban J connectivity index is 2.17. The van der Waals surface area contributed by atoms with Crippen LogP contribution < -0.4 is 10.1 Å². The molecule has 0 saturated carbocycles. The number of ether oxygens (including phenoxy) is 2. The summed E-state index contributed by atoms with van der Waals surface area (Å²) >= 11 is 5.74. The second kappa shape index (κ2) is 9.39. The van der Waals surface area contributed by atoms with Gasteiger partial charge in [-0.25, -0.2) is 4.39 Å². The molecular formula is C19H21ClFNO3. The number of hydrogen-bond acceptors (Lipinski definition) is 3. The fourth-order valence-electron chi connectivity index (χ4n) is 2.23. The molecule has 2 aromatic rings. The highest BCUT2D eigenvalue weighted by atomic mass is 35.5. The fourth-order valence-corrected chi connectivity index (χ4v) is 2.41. The summed E-state index contributed by atoms with van der Waals surface area (Å²) < 4.78 is 24.3. The van der Waals surface area contributed by atoms with Crippen LogP contribution in [0.3, 0.4) is 0 Å². The predicted octanol–water partition coefficient (Wildman–Crippen LogP) is 5.06. The SMILES string of the molecule is CCCOCc1cc(C(=O)Nc2ccc(F)c(Cl)c2)ccc1OCC. The van der Waals surface area contributed by atoms with Gasteiger partial charge in [0.25, 0.3) is 5.91 Å². The summed E-state index contributed by atoms with van der Waals surface area (Å²) in [6, 6.07) is 9.20. The molecule has 0 radical (unpaired) electrons. The number of rotatable bonds is 8. The Hall–Kier alpha value is -2.11. The molecule has 0 aromatic heterocycles. The fraction of sp³-hybridized carbons (Fsp3) is 0.316. The third-order valence-corrected chi connectivity index (χ3v) is 3.70. The zero-order valence-electron chi connectivity index (χ0n) is 14.3. The van der Waals surface area contributed by atoms with Gasteiger partial charge in [-0.3, -0.25) is 4.79 Å². The first-order chi connectivity index (χ1) is 12.0. The van der Waals surface area contributed by atoms with E-state index in [0.29, 0.717) is 36.8 Å². The summed E-state index contributed by atoms with van der Waals surface area (Å²) in [5.41, 5.74) is 1.69. The van der Waals surface area contributed by atoms with Crippen LogP contribution in [-0.2, 0) is 11.3 Å². The largest absolute Gasteiger partial charge is 0.494 e. The summed E-state index contributed by atoms with van der Waals surface area (Å²) in [5.74, 6) is -0.154. The van der Waals surface area contributed by atoms with Crippen molar-refractivity contribution in [3.8, 4) is 5.75 Å². The summed E-state index contributed by atoms with van der Waals surface area (Å²) in [5, 5.41) is 2.66. The van der Waals surface area contributed by atoms with Gasteiger partial charge < -0.3 is 14.8 Å². The lowest BCUT2D eigenvalue weighted by molar-refractivity contribution is 0.102. The molecule has 0 aliphatic heterocycles. The van der Waals surface area contributed by atoms with Crippen molar-refractivity contribution in [3.63, 3.8) is 0 Å². The Bertz CT molecular complexity index is 737. The highest BCUT2D eigenvalue weighted by Gasteiger charge is 2.12. The third kappa shape index (κ3) is 5.44. The molecule has 0 aliphatic rings. The standard InChI is InChI=1S/C19H21ClFNO3/c1-3-9-24-12-14-10-13(5-8-18(14)25-4-2)19(23)22-15-6-7-17(21)16(20)11-15/h5-8,10-11H,3-4,9,12H2,1-2H3,(H,22,23). The van der Waals surface area contributed by atoms with E-state index in [1.54, 1.807) is 18.2 Å². The van der Waals surface area contributed by atoms with Crippen LogP contribution in [0.4, 0.5) is 10.1 Å². The van der Waals surface area contributed by atoms with E-state index in [4.69, 9.17) is 21.1 Å². The van der Waals surface area contributed by atoms with E-state index in [1.807, 2.05) is 13.8 Å². The highest BCUT2D eigenvalue weighted by molar-refractivity contribution is 6.31. The Morgan fingerprint density at radius 3 is 2.68 bits per heavy atom. The van der Waals surface area contributed by atoms with Gasteiger partial charge in [0, 0.05) is 23.4 Å². The second-order valence-corrected chi connectivity index (χ2v) is 5.80. The summed E-state index contributed by atoms with van der Waals surface area (Å²) in [6.07, 6.45) is 0.912. The molecule has 0 saturated heterocycles. The molecule has 0 bridgehead atoms. The summed E-state index contributed by atoms with van der Waals surface area (Å²) in [4.78, 5) is 12.4. The Labute approximate surface area is 151 Å². The molecule has 0 aliphatic carbocycles. The number of amides is 1. The van der Waals surface area contributed by atoms with Gasteiger partial charge in [-0.15, -0.1) is 0 Å². The molecule has 0 spiro atoms. The average Bonchev–Trinajstić information content (AvgIpc) is 2.60. The molecule has 0 fully saturated rings. The summed E-state index contributed by atoms with van der Waals surface area (Å²) in [7, 11) is 0. The maximum Gasteiger partial charge on any atom is 0.255 e. The lowest BCUT2D eigenvalue weighted by Gasteiger charge is -2.13. The zero-order chi connectivity index (χ0) is 18.2. The molecule has 2 rings (SSSR count). The lowest BCUT2D eigenvalue weighted by Crippen LogP contribution is -2.13. The first-order valence-corrected chi connectivity index (χ1v) is 8.52. The Morgan fingerprint density at radius 1 is 1.20 bits per heavy atom. The number of halogens is 2. The molecule has 1 N–H and O–H groups in total. The van der Waals surface area contributed by atoms with Crippen molar-refractivity contribution in [1.29, 1.82) is 0 Å². The smallest absolute Gasteiger partial charge is 0.255 e. The van der Waals surface area contributed by atoms with Gasteiger partial charge in [0.05, 0.1) is 18.2 Å². The van der Waals surface area contributed by atoms with Crippen molar-refractivity contribution in [2.45, 2.75) is 26.9 Å². The predicted molar refractivity (Wildman–Crippen MR) is 96.9 cm³/mol. The van der Waals surface area contributed by atoms with Gasteiger partial charge in [0.15, 0.2) is 0 Å². The van der Waals surface area contributed by atoms with Crippen LogP contribution in [0.2, 0.25) is 5.02 Å². The first kappa shape index (κ1) is 19.2. The molecule has 25 heavy (non-hydrogen) atoms. The molecular weight excluding hydrogens is 345 g/mol. The van der Waals surface area contributed by atoms with Crippen molar-refractivity contribution in [2.75, 3.05) is 18.5 Å². The first-order valence-electron chi connectivity index (χ1n) is 8.15. The van der Waals surface area contributed by atoms with Crippen molar-refractivity contribution in [1.82, 2.24) is 0 Å². The van der Waals surface area contributed by atoms with E-state index in [9.17, 15) is 9.18 Å². The van der Waals surface area contributed by atoms with Crippen LogP contribution in [-0.4, -0.2) is 19.1 Å². The third-order valence-electron chi connectivity index (χ3n) is 3.41. The number of anilines is 1. The van der Waals surface area contributed by atoms with Crippen molar-refractivity contribution < 1.29 is 18.7 Å². The van der Waals surface area contributed by atoms with Gasteiger partial charge in [-0.2, -0.15) is 0 Å². The number of nitrogens with one attached hydrogen (secondary N) is 1. The van der Waals surface area contributed by atoms with Crippen molar-refractivity contribution >= 4 is 23.2 Å². The van der Waals surface area contributed by atoms with Crippen LogP contribution in [0, 0.1) is 5.82 Å². The molecule has 134 valence electrons. The van der Waals surface area contributed by atoms with E-state index in [1.165, 1.54) is 18.2 Å². The normalized spacial score (nSPS) is 10.6. The minimum absolute atomic E-state index is 0.0434. The van der Waals surface area contributed by atoms with Crippen molar-refractivity contribution in [2.24, 2.45) is 0 Å². The van der Waals surface area contributed by atoms with E-state index in [-0.39, 0.29) is 10.9 Å². The highest BCUT2D eigenvalue weighted by Crippen LogP contribution is 2.23. The van der Waals surface area contributed by atoms with E-state index < -0.39 is 5.82 Å². The second-order valence-electron chi connectivity index (χ2n) is 5.39. The molecule has 1 amide bonds. The minimum atomic E-state index is -0.531. The van der Waals surface area contributed by atoms with Gasteiger partial charge in [0.2, 0.25) is 0 Å². The maximum absolute atomic E-state index is 13.2. The lowest BCUT2D eigenvalue weighted by atomic mass is 10.1. The number of carbonyl (C=O) groups excluding carboxylic acids is 1. The quantitative estimate of drug-likeness (QED) is 0.665. The van der Waals surface area contributed by atoms with Gasteiger partial charge in [0.1, 0.15) is 11.6 Å². The molecule has 0 atom stereocenters. The van der Waals surface area contributed by atoms with Gasteiger partial charge in [-0.1, -0.05) is 18.5 Å². The van der Waals surface area contributed by atoms with Crippen LogP contribution in [0.5, 0.6) is 5.75 Å². The summed E-state index contributed by atoms with van der Waals surface area (Å²) in [6.45, 7) is 5.46. The average molecular weight is 366 g/mol. The van der Waals surface area contributed by atoms with E-state index in [0.717, 1.165) is 12.0 Å². The van der Waals surface area contributed by atoms with Crippen molar-refractivity contribution in [3.05, 3.63) is 58.4 Å². The Kier molecular flexibility index (Phi) is 7.22. The van der Waals surface area contributed by atoms with Gasteiger partial charge >= 0.3 is 0 Å². The van der Waals surface area contributed by atoms with Gasteiger partial charge in [-0.05, 0) is 49.7 Å². The van der Waals surface area contributed by atoms with Crippen LogP contribution in [0.25, 0.3) is 0 Å². The minimum Gasteiger partial charge on any atom is -0.494 e. The molecule has 2 aromatic carbocycles. The number of benzene rings is 2. The maximum atomic E-state index is 13.2. The van der Waals surface area contributed by atoms with Crippen LogP contribution >= 0.6 is 11.6 Å². The Morgan fingerprint density at radius 2 is 2.00 bits per heavy atom. The zero-order valence-corrected chi connectivity index (χ0v) is 15.0. The van der Waals surface area contributed by atoms with E-state index in [2.05, 4.69) is 5.32 Å². The van der Waals surface area contributed by atoms with Crippen LogP contribution in [0.1, 0.15) is 36.2 Å². The molecule has 0 heterocycles. The number of carbonyl (C=O) groups is 1. The number of hydrogen-bond donors (Lipinski definition) is 1. The molecule has 4 nitrogen and oxygen atoms in total. The van der Waals surface area contributed by atoms with E-state index >= 15 is 0 Å². The van der Waals surface area contributed by atoms with Crippen LogP contribution in [0.15, 0.2) is 36.4 Å². The monoisotopic (exact) mass is 365 g/mol. The topological polar surface area (TPSA) is 47.6 Å².